The van der Waals surface area contributed by atoms with Gasteiger partial charge in [0, 0.05) is 5.56 Å². The zero-order chi connectivity index (χ0) is 10.1. The normalized spacial score (nSPS) is 18.9. The van der Waals surface area contributed by atoms with Crippen LogP contribution < -0.4 is 15.2 Å². The quantitative estimate of drug-likeness (QED) is 0.884. The van der Waals surface area contributed by atoms with Gasteiger partial charge in [0.1, 0.15) is 18.1 Å². The SMILES string of the molecule is CCOc1cc(Br)c2c(c1)[C@@H](N)CO2. The Hall–Kier alpha value is -0.740. The van der Waals surface area contributed by atoms with Crippen LogP contribution in [0.1, 0.15) is 18.5 Å². The lowest BCUT2D eigenvalue weighted by molar-refractivity contribution is 0.330. The molecule has 4 heteroatoms. The first kappa shape index (κ1) is 9.80. The molecule has 3 nitrogen and oxygen atoms in total. The Bertz CT molecular complexity index is 354. The second-order valence-electron chi connectivity index (χ2n) is 3.17. The van der Waals surface area contributed by atoms with Gasteiger partial charge in [0.05, 0.1) is 17.1 Å². The van der Waals surface area contributed by atoms with Crippen molar-refractivity contribution in [3.8, 4) is 11.5 Å². The number of benzene rings is 1. The topological polar surface area (TPSA) is 44.5 Å². The van der Waals surface area contributed by atoms with Crippen molar-refractivity contribution in [2.45, 2.75) is 13.0 Å². The van der Waals surface area contributed by atoms with Crippen LogP contribution in [0.4, 0.5) is 0 Å². The zero-order valence-corrected chi connectivity index (χ0v) is 9.50. The van der Waals surface area contributed by atoms with Gasteiger partial charge >= 0.3 is 0 Å². The Morgan fingerprint density at radius 2 is 2.43 bits per heavy atom. The van der Waals surface area contributed by atoms with Crippen molar-refractivity contribution >= 4 is 15.9 Å². The molecule has 1 aromatic rings. The van der Waals surface area contributed by atoms with Crippen LogP contribution >= 0.6 is 15.9 Å². The van der Waals surface area contributed by atoms with Crippen LogP contribution in [-0.2, 0) is 0 Å². The van der Waals surface area contributed by atoms with Crippen LogP contribution in [-0.4, -0.2) is 13.2 Å². The fourth-order valence-corrected chi connectivity index (χ4v) is 2.10. The molecule has 0 radical (unpaired) electrons. The van der Waals surface area contributed by atoms with Crippen molar-refractivity contribution in [3.63, 3.8) is 0 Å². The average Bonchev–Trinajstić information content (AvgIpc) is 2.49. The zero-order valence-electron chi connectivity index (χ0n) is 7.92. The van der Waals surface area contributed by atoms with E-state index in [1.807, 2.05) is 19.1 Å². The Kier molecular flexibility index (Phi) is 2.65. The van der Waals surface area contributed by atoms with Gasteiger partial charge in [-0.3, -0.25) is 0 Å². The molecule has 0 saturated carbocycles. The van der Waals surface area contributed by atoms with Gasteiger partial charge < -0.3 is 15.2 Å². The number of fused-ring (bicyclic) bond motifs is 1. The van der Waals surface area contributed by atoms with E-state index < -0.39 is 0 Å². The summed E-state index contributed by atoms with van der Waals surface area (Å²) in [7, 11) is 0. The molecule has 0 spiro atoms. The van der Waals surface area contributed by atoms with Gasteiger partial charge in [0.25, 0.3) is 0 Å². The van der Waals surface area contributed by atoms with E-state index in [-0.39, 0.29) is 6.04 Å². The Morgan fingerprint density at radius 3 is 3.14 bits per heavy atom. The van der Waals surface area contributed by atoms with Crippen LogP contribution in [0.2, 0.25) is 0 Å². The van der Waals surface area contributed by atoms with Gasteiger partial charge in [-0.2, -0.15) is 0 Å². The van der Waals surface area contributed by atoms with Crippen molar-refractivity contribution in [1.82, 2.24) is 0 Å². The van der Waals surface area contributed by atoms with Crippen LogP contribution in [0.15, 0.2) is 16.6 Å². The predicted octanol–water partition coefficient (Wildman–Crippen LogP) is 2.24. The van der Waals surface area contributed by atoms with Crippen molar-refractivity contribution in [1.29, 1.82) is 0 Å². The molecule has 0 bridgehead atoms. The minimum Gasteiger partial charge on any atom is -0.494 e. The second-order valence-corrected chi connectivity index (χ2v) is 4.03. The van der Waals surface area contributed by atoms with E-state index in [1.54, 1.807) is 0 Å². The third kappa shape index (κ3) is 1.60. The second kappa shape index (κ2) is 3.79. The number of rotatable bonds is 2. The summed E-state index contributed by atoms with van der Waals surface area (Å²) in [4.78, 5) is 0. The molecule has 14 heavy (non-hydrogen) atoms. The summed E-state index contributed by atoms with van der Waals surface area (Å²) in [6.07, 6.45) is 0. The Morgan fingerprint density at radius 1 is 1.64 bits per heavy atom. The highest BCUT2D eigenvalue weighted by atomic mass is 79.9. The van der Waals surface area contributed by atoms with E-state index >= 15 is 0 Å². The molecule has 0 aromatic heterocycles. The van der Waals surface area contributed by atoms with Crippen LogP contribution in [0.3, 0.4) is 0 Å². The van der Waals surface area contributed by atoms with Crippen molar-refractivity contribution in [2.75, 3.05) is 13.2 Å². The maximum absolute atomic E-state index is 5.88. The third-order valence-electron chi connectivity index (χ3n) is 2.16. The lowest BCUT2D eigenvalue weighted by atomic mass is 10.1. The van der Waals surface area contributed by atoms with Gasteiger partial charge in [-0.15, -0.1) is 0 Å². The standard InChI is InChI=1S/C10H12BrNO2/c1-2-13-6-3-7-9(12)5-14-10(7)8(11)4-6/h3-4,9H,2,5,12H2,1H3/t9-/m0/s1. The van der Waals surface area contributed by atoms with Crippen LogP contribution in [0.25, 0.3) is 0 Å². The number of ether oxygens (including phenoxy) is 2. The predicted molar refractivity (Wildman–Crippen MR) is 57.7 cm³/mol. The molecule has 0 unspecified atom stereocenters. The maximum Gasteiger partial charge on any atom is 0.138 e. The molecule has 1 atom stereocenters. The van der Waals surface area contributed by atoms with E-state index in [0.717, 1.165) is 21.5 Å². The van der Waals surface area contributed by atoms with E-state index in [4.69, 9.17) is 15.2 Å². The molecule has 0 aliphatic carbocycles. The Labute approximate surface area is 91.3 Å². The molecule has 0 amide bonds. The summed E-state index contributed by atoms with van der Waals surface area (Å²) in [5.74, 6) is 1.68. The summed E-state index contributed by atoms with van der Waals surface area (Å²) in [5, 5.41) is 0. The van der Waals surface area contributed by atoms with E-state index in [9.17, 15) is 0 Å². The van der Waals surface area contributed by atoms with Gasteiger partial charge in [-0.1, -0.05) is 0 Å². The minimum absolute atomic E-state index is 0.0401. The molecule has 0 fully saturated rings. The highest BCUT2D eigenvalue weighted by molar-refractivity contribution is 9.10. The maximum atomic E-state index is 5.88. The fourth-order valence-electron chi connectivity index (χ4n) is 1.53. The number of halogens is 1. The Balaban J connectivity index is 2.42. The molecular weight excluding hydrogens is 246 g/mol. The van der Waals surface area contributed by atoms with Gasteiger partial charge in [-0.25, -0.2) is 0 Å². The van der Waals surface area contributed by atoms with E-state index in [0.29, 0.717) is 13.2 Å². The van der Waals surface area contributed by atoms with Gasteiger partial charge in [0.15, 0.2) is 0 Å². The molecule has 2 N–H and O–H groups in total. The van der Waals surface area contributed by atoms with Crippen molar-refractivity contribution in [2.24, 2.45) is 5.73 Å². The summed E-state index contributed by atoms with van der Waals surface area (Å²) >= 11 is 3.44. The van der Waals surface area contributed by atoms with Gasteiger partial charge in [-0.05, 0) is 35.0 Å². The molecule has 0 saturated heterocycles. The van der Waals surface area contributed by atoms with Crippen molar-refractivity contribution < 1.29 is 9.47 Å². The van der Waals surface area contributed by atoms with Crippen molar-refractivity contribution in [3.05, 3.63) is 22.2 Å². The molecule has 2 rings (SSSR count). The first-order valence-corrected chi connectivity index (χ1v) is 5.36. The smallest absolute Gasteiger partial charge is 0.138 e. The summed E-state index contributed by atoms with van der Waals surface area (Å²) < 4.78 is 11.8. The first-order chi connectivity index (χ1) is 6.72. The lowest BCUT2D eigenvalue weighted by Gasteiger charge is -2.08. The summed E-state index contributed by atoms with van der Waals surface area (Å²) in [5.41, 5.74) is 6.90. The third-order valence-corrected chi connectivity index (χ3v) is 2.75. The fraction of sp³-hybridized carbons (Fsp3) is 0.400. The first-order valence-electron chi connectivity index (χ1n) is 4.57. The molecule has 1 aliphatic heterocycles. The molecular formula is C10H12BrNO2. The van der Waals surface area contributed by atoms with Crippen LogP contribution in [0, 0.1) is 0 Å². The van der Waals surface area contributed by atoms with Gasteiger partial charge in [0.2, 0.25) is 0 Å². The highest BCUT2D eigenvalue weighted by Crippen LogP contribution is 2.40. The summed E-state index contributed by atoms with van der Waals surface area (Å²) in [6.45, 7) is 3.16. The van der Waals surface area contributed by atoms with Crippen LogP contribution in [0.5, 0.6) is 11.5 Å². The molecule has 1 aliphatic rings. The van der Waals surface area contributed by atoms with E-state index in [2.05, 4.69) is 15.9 Å². The minimum atomic E-state index is -0.0401. The number of hydrogen-bond donors (Lipinski definition) is 1. The number of nitrogens with two attached hydrogens (primary N) is 1. The molecule has 1 aromatic carbocycles. The summed E-state index contributed by atoms with van der Waals surface area (Å²) in [6, 6.07) is 3.81. The molecule has 76 valence electrons. The largest absolute Gasteiger partial charge is 0.494 e. The molecule has 1 heterocycles. The lowest BCUT2D eigenvalue weighted by Crippen LogP contribution is -2.10. The monoisotopic (exact) mass is 257 g/mol. The highest BCUT2D eigenvalue weighted by Gasteiger charge is 2.23. The average molecular weight is 258 g/mol. The number of hydrogen-bond acceptors (Lipinski definition) is 3. The van der Waals surface area contributed by atoms with E-state index in [1.165, 1.54) is 0 Å².